The van der Waals surface area contributed by atoms with Gasteiger partial charge in [0.1, 0.15) is 5.75 Å². The number of aromatic amines is 2. The number of hydrogen-bond acceptors (Lipinski definition) is 2. The molecule has 0 aliphatic rings. The lowest BCUT2D eigenvalue weighted by Crippen LogP contribution is -1.99. The minimum absolute atomic E-state index is 0.251. The first-order valence-electron chi connectivity index (χ1n) is 3.66. The van der Waals surface area contributed by atoms with E-state index in [0.29, 0.717) is 21.8 Å². The maximum atomic E-state index is 10.9. The molecular weight excluding hydrogens is 192 g/mol. The fraction of sp³-hybridized carbons (Fsp3) is 0.125. The van der Waals surface area contributed by atoms with E-state index in [1.807, 2.05) is 0 Å². The molecule has 2 aromatic rings. The molecule has 0 spiro atoms. The predicted octanol–water partition coefficient (Wildman–Crippen LogP) is 1.52. The molecule has 0 bridgehead atoms. The largest absolute Gasteiger partial charge is 0.495 e. The Bertz CT molecular complexity index is 500. The molecule has 0 aliphatic carbocycles. The normalized spacial score (nSPS) is 10.6. The zero-order valence-corrected chi connectivity index (χ0v) is 7.61. The number of fused-ring (bicyclic) bond motifs is 1. The van der Waals surface area contributed by atoms with E-state index in [4.69, 9.17) is 16.3 Å². The van der Waals surface area contributed by atoms with Gasteiger partial charge in [-0.05, 0) is 6.07 Å². The van der Waals surface area contributed by atoms with Crippen LogP contribution in [-0.4, -0.2) is 17.1 Å². The summed E-state index contributed by atoms with van der Waals surface area (Å²) >= 11 is 5.85. The van der Waals surface area contributed by atoms with Crippen LogP contribution in [0, 0.1) is 0 Å². The summed E-state index contributed by atoms with van der Waals surface area (Å²) in [5.41, 5.74) is 1.11. The number of methoxy groups -OCH3 is 1. The Morgan fingerprint density at radius 1 is 1.31 bits per heavy atom. The molecule has 2 rings (SSSR count). The lowest BCUT2D eigenvalue weighted by Gasteiger charge is -2.01. The van der Waals surface area contributed by atoms with Gasteiger partial charge in [-0.2, -0.15) is 0 Å². The first kappa shape index (κ1) is 8.19. The molecule has 1 aromatic heterocycles. The number of ether oxygens (including phenoxy) is 1. The Labute approximate surface area is 78.5 Å². The summed E-state index contributed by atoms with van der Waals surface area (Å²) in [7, 11) is 1.53. The summed E-state index contributed by atoms with van der Waals surface area (Å²) < 4.78 is 4.99. The van der Waals surface area contributed by atoms with Gasteiger partial charge in [-0.15, -0.1) is 0 Å². The summed E-state index contributed by atoms with van der Waals surface area (Å²) in [6, 6.07) is 3.32. The third-order valence-electron chi connectivity index (χ3n) is 1.79. The highest BCUT2D eigenvalue weighted by Crippen LogP contribution is 2.27. The number of hydrogen-bond donors (Lipinski definition) is 2. The van der Waals surface area contributed by atoms with Crippen LogP contribution in [0.3, 0.4) is 0 Å². The third-order valence-corrected chi connectivity index (χ3v) is 2.08. The second-order valence-corrected chi connectivity index (χ2v) is 3.02. The number of aromatic nitrogens is 2. The Morgan fingerprint density at radius 2 is 1.92 bits per heavy atom. The van der Waals surface area contributed by atoms with Crippen LogP contribution < -0.4 is 10.4 Å². The monoisotopic (exact) mass is 198 g/mol. The standard InChI is InChI=1S/C8H7ClN2O2/c1-13-7-3-6-5(2-4(7)9)10-8(12)11-6/h2-3H,1H3,(H2,10,11,12). The van der Waals surface area contributed by atoms with Crippen LogP contribution in [0.25, 0.3) is 11.0 Å². The Balaban J connectivity index is 2.80. The van der Waals surface area contributed by atoms with E-state index in [1.165, 1.54) is 7.11 Å². The van der Waals surface area contributed by atoms with Crippen LogP contribution in [0.1, 0.15) is 0 Å². The highest BCUT2D eigenvalue weighted by atomic mass is 35.5. The van der Waals surface area contributed by atoms with Crippen molar-refractivity contribution < 1.29 is 4.74 Å². The number of benzene rings is 1. The molecule has 0 saturated carbocycles. The van der Waals surface area contributed by atoms with Gasteiger partial charge in [-0.1, -0.05) is 11.6 Å². The van der Waals surface area contributed by atoms with Crippen molar-refractivity contribution in [3.8, 4) is 5.75 Å². The Kier molecular flexibility index (Phi) is 1.77. The first-order valence-corrected chi connectivity index (χ1v) is 4.04. The van der Waals surface area contributed by atoms with E-state index < -0.39 is 0 Å². The van der Waals surface area contributed by atoms with Gasteiger partial charge in [0.15, 0.2) is 0 Å². The molecular formula is C8H7ClN2O2. The summed E-state index contributed by atoms with van der Waals surface area (Å²) in [6.07, 6.45) is 0. The zero-order chi connectivity index (χ0) is 9.42. The molecule has 68 valence electrons. The smallest absolute Gasteiger partial charge is 0.323 e. The van der Waals surface area contributed by atoms with Crippen molar-refractivity contribution in [2.75, 3.05) is 7.11 Å². The Morgan fingerprint density at radius 3 is 2.54 bits per heavy atom. The number of rotatable bonds is 1. The molecule has 5 heteroatoms. The van der Waals surface area contributed by atoms with Crippen LogP contribution >= 0.6 is 11.6 Å². The van der Waals surface area contributed by atoms with E-state index in [1.54, 1.807) is 12.1 Å². The van der Waals surface area contributed by atoms with Gasteiger partial charge in [-0.3, -0.25) is 0 Å². The topological polar surface area (TPSA) is 57.9 Å². The number of halogens is 1. The quantitative estimate of drug-likeness (QED) is 0.730. The minimum Gasteiger partial charge on any atom is -0.495 e. The van der Waals surface area contributed by atoms with Crippen molar-refractivity contribution in [3.05, 3.63) is 27.6 Å². The van der Waals surface area contributed by atoms with Crippen LogP contribution in [0.4, 0.5) is 0 Å². The van der Waals surface area contributed by atoms with Gasteiger partial charge in [0.25, 0.3) is 0 Å². The van der Waals surface area contributed by atoms with E-state index in [-0.39, 0.29) is 5.69 Å². The number of nitrogens with one attached hydrogen (secondary N) is 2. The van der Waals surface area contributed by atoms with E-state index in [9.17, 15) is 4.79 Å². The summed E-state index contributed by atoms with van der Waals surface area (Å²) in [5, 5.41) is 0.477. The van der Waals surface area contributed by atoms with Crippen molar-refractivity contribution in [1.82, 2.24) is 9.97 Å². The fourth-order valence-corrected chi connectivity index (χ4v) is 1.43. The van der Waals surface area contributed by atoms with Crippen LogP contribution in [0.5, 0.6) is 5.75 Å². The molecule has 1 heterocycles. The fourth-order valence-electron chi connectivity index (χ4n) is 1.19. The van der Waals surface area contributed by atoms with Crippen LogP contribution in [-0.2, 0) is 0 Å². The highest BCUT2D eigenvalue weighted by Gasteiger charge is 2.04. The molecule has 1 aromatic carbocycles. The molecule has 0 fully saturated rings. The molecule has 4 nitrogen and oxygen atoms in total. The van der Waals surface area contributed by atoms with Gasteiger partial charge in [0.2, 0.25) is 0 Å². The van der Waals surface area contributed by atoms with Crippen molar-refractivity contribution in [3.63, 3.8) is 0 Å². The molecule has 0 aliphatic heterocycles. The lowest BCUT2D eigenvalue weighted by atomic mass is 10.3. The van der Waals surface area contributed by atoms with Gasteiger partial charge >= 0.3 is 5.69 Å². The van der Waals surface area contributed by atoms with Gasteiger partial charge < -0.3 is 14.7 Å². The predicted molar refractivity (Wildman–Crippen MR) is 50.5 cm³/mol. The molecule has 0 radical (unpaired) electrons. The average Bonchev–Trinajstić information content (AvgIpc) is 2.42. The average molecular weight is 199 g/mol. The molecule has 0 atom stereocenters. The van der Waals surface area contributed by atoms with Crippen molar-refractivity contribution in [1.29, 1.82) is 0 Å². The zero-order valence-electron chi connectivity index (χ0n) is 6.85. The molecule has 0 unspecified atom stereocenters. The molecule has 0 saturated heterocycles. The second-order valence-electron chi connectivity index (χ2n) is 2.61. The van der Waals surface area contributed by atoms with Crippen LogP contribution in [0.2, 0.25) is 5.02 Å². The van der Waals surface area contributed by atoms with E-state index in [0.717, 1.165) is 0 Å². The number of imidazole rings is 1. The first-order chi connectivity index (χ1) is 6.20. The van der Waals surface area contributed by atoms with Crippen molar-refractivity contribution in [2.45, 2.75) is 0 Å². The van der Waals surface area contributed by atoms with Crippen molar-refractivity contribution >= 4 is 22.6 Å². The molecule has 13 heavy (non-hydrogen) atoms. The molecule has 0 amide bonds. The maximum Gasteiger partial charge on any atom is 0.323 e. The summed E-state index contributed by atoms with van der Waals surface area (Å²) in [5.74, 6) is 0.546. The number of H-pyrrole nitrogens is 2. The van der Waals surface area contributed by atoms with Crippen molar-refractivity contribution in [2.24, 2.45) is 0 Å². The van der Waals surface area contributed by atoms with Crippen LogP contribution in [0.15, 0.2) is 16.9 Å². The summed E-state index contributed by atoms with van der Waals surface area (Å²) in [4.78, 5) is 16.1. The lowest BCUT2D eigenvalue weighted by molar-refractivity contribution is 0.415. The Hall–Kier alpha value is -1.42. The highest BCUT2D eigenvalue weighted by molar-refractivity contribution is 6.32. The minimum atomic E-state index is -0.251. The molecule has 2 N–H and O–H groups in total. The van der Waals surface area contributed by atoms with E-state index in [2.05, 4.69) is 9.97 Å². The van der Waals surface area contributed by atoms with Gasteiger partial charge in [-0.25, -0.2) is 4.79 Å². The third kappa shape index (κ3) is 1.29. The van der Waals surface area contributed by atoms with E-state index >= 15 is 0 Å². The second kappa shape index (κ2) is 2.81. The summed E-state index contributed by atoms with van der Waals surface area (Å²) in [6.45, 7) is 0. The SMILES string of the molecule is COc1cc2[nH]c(=O)[nH]c2cc1Cl. The van der Waals surface area contributed by atoms with Gasteiger partial charge in [0, 0.05) is 6.07 Å². The van der Waals surface area contributed by atoms with Gasteiger partial charge in [0.05, 0.1) is 23.2 Å². The maximum absolute atomic E-state index is 10.9.